The third-order valence-electron chi connectivity index (χ3n) is 8.14. The summed E-state index contributed by atoms with van der Waals surface area (Å²) in [5.74, 6) is -5.46. The summed E-state index contributed by atoms with van der Waals surface area (Å²) in [7, 11) is 0. The number of benzene rings is 2. The van der Waals surface area contributed by atoms with Crippen molar-refractivity contribution in [1.29, 1.82) is 0 Å². The molecule has 0 heterocycles. The Labute approximate surface area is 311 Å². The molecule has 0 aliphatic rings. The molecule has 4 atom stereocenters. The molecule has 2 aromatic carbocycles. The fraction of sp³-hybridized carbons (Fsp3) is 0.529. The third-order valence-corrected chi connectivity index (χ3v) is 10.3. The lowest BCUT2D eigenvalue weighted by Gasteiger charge is -2.20. The summed E-state index contributed by atoms with van der Waals surface area (Å²) in [5, 5.41) is -1.50. The van der Waals surface area contributed by atoms with Crippen LogP contribution in [0.2, 0.25) is 30.1 Å². The second-order valence-electron chi connectivity index (χ2n) is 11.7. The van der Waals surface area contributed by atoms with E-state index in [1.165, 1.54) is 0 Å². The first kappa shape index (κ1) is 42.2. The van der Waals surface area contributed by atoms with Crippen LogP contribution in [0.3, 0.4) is 0 Å². The predicted octanol–water partition coefficient (Wildman–Crippen LogP) is 11.4. The number of esters is 4. The SMILES string of the molecule is CCC(C)CC(CC)COC(=O)c1c(Cl)c(Cl)cc(Cl)c1OC(=O)C(=O)Oc1c(Cl)cc(Cl)c(Cl)c1C(=O)OCC(CC)CC(C)CC. The van der Waals surface area contributed by atoms with Gasteiger partial charge in [-0.15, -0.1) is 0 Å². The van der Waals surface area contributed by atoms with Gasteiger partial charge in [-0.05, 0) is 48.6 Å². The maximum Gasteiger partial charge on any atom is 0.423 e. The van der Waals surface area contributed by atoms with Gasteiger partial charge in [-0.1, -0.05) is 137 Å². The van der Waals surface area contributed by atoms with Crippen LogP contribution in [0.4, 0.5) is 0 Å². The second-order valence-corrected chi connectivity index (χ2v) is 14.1. The highest BCUT2D eigenvalue weighted by Gasteiger charge is 2.32. The molecular weight excluding hydrogens is 749 g/mol. The van der Waals surface area contributed by atoms with E-state index in [4.69, 9.17) is 88.6 Å². The van der Waals surface area contributed by atoms with Crippen LogP contribution in [-0.4, -0.2) is 37.1 Å². The molecule has 2 rings (SSSR count). The molecule has 0 aromatic heterocycles. The quantitative estimate of drug-likeness (QED) is 0.0716. The summed E-state index contributed by atoms with van der Waals surface area (Å²) >= 11 is 37.5. The van der Waals surface area contributed by atoms with Crippen LogP contribution < -0.4 is 9.47 Å². The highest BCUT2D eigenvalue weighted by Crippen LogP contribution is 2.42. The summed E-state index contributed by atoms with van der Waals surface area (Å²) in [6.07, 6.45) is 5.07. The molecule has 8 nitrogen and oxygen atoms in total. The van der Waals surface area contributed by atoms with Crippen molar-refractivity contribution >= 4 is 93.5 Å². The van der Waals surface area contributed by atoms with Crippen LogP contribution in [0.15, 0.2) is 12.1 Å². The largest absolute Gasteiger partial charge is 0.462 e. The zero-order valence-corrected chi connectivity index (χ0v) is 32.2. The minimum atomic E-state index is -1.64. The number of hydrogen-bond acceptors (Lipinski definition) is 8. The Bertz CT molecular complexity index is 1370. The van der Waals surface area contributed by atoms with Crippen molar-refractivity contribution in [1.82, 2.24) is 0 Å². The molecule has 0 spiro atoms. The molecule has 0 N–H and O–H groups in total. The van der Waals surface area contributed by atoms with E-state index in [0.717, 1.165) is 50.7 Å². The average Bonchev–Trinajstić information content (AvgIpc) is 3.05. The van der Waals surface area contributed by atoms with E-state index in [1.54, 1.807) is 0 Å². The van der Waals surface area contributed by atoms with Crippen LogP contribution in [0.1, 0.15) is 101 Å². The molecular formula is C34H40Cl6O8. The van der Waals surface area contributed by atoms with E-state index in [1.807, 2.05) is 13.8 Å². The minimum absolute atomic E-state index is 0.0564. The van der Waals surface area contributed by atoms with E-state index < -0.39 is 46.5 Å². The zero-order chi connectivity index (χ0) is 36.3. The van der Waals surface area contributed by atoms with Gasteiger partial charge in [0, 0.05) is 0 Å². The van der Waals surface area contributed by atoms with E-state index in [0.29, 0.717) is 11.8 Å². The van der Waals surface area contributed by atoms with Crippen molar-refractivity contribution < 1.29 is 38.1 Å². The molecule has 4 unspecified atom stereocenters. The first-order chi connectivity index (χ1) is 22.6. The van der Waals surface area contributed by atoms with Gasteiger partial charge in [0.25, 0.3) is 0 Å². The van der Waals surface area contributed by atoms with Crippen molar-refractivity contribution in [3.8, 4) is 11.5 Å². The Morgan fingerprint density at radius 2 is 0.896 bits per heavy atom. The molecule has 48 heavy (non-hydrogen) atoms. The number of carbonyl (C=O) groups is 4. The van der Waals surface area contributed by atoms with Gasteiger partial charge in [-0.2, -0.15) is 0 Å². The smallest absolute Gasteiger partial charge is 0.423 e. The number of hydrogen-bond donors (Lipinski definition) is 0. The number of halogens is 6. The van der Waals surface area contributed by atoms with E-state index in [9.17, 15) is 19.2 Å². The normalized spacial score (nSPS) is 13.7. The summed E-state index contributed by atoms with van der Waals surface area (Å²) in [5.41, 5.74) is -0.929. The van der Waals surface area contributed by atoms with Gasteiger partial charge in [-0.25, -0.2) is 19.2 Å². The number of ether oxygens (including phenoxy) is 4. The van der Waals surface area contributed by atoms with Crippen LogP contribution >= 0.6 is 69.6 Å². The highest BCUT2D eigenvalue weighted by molar-refractivity contribution is 6.47. The molecule has 2 aromatic rings. The van der Waals surface area contributed by atoms with E-state index in [-0.39, 0.29) is 55.2 Å². The highest BCUT2D eigenvalue weighted by atomic mass is 35.5. The van der Waals surface area contributed by atoms with E-state index in [2.05, 4.69) is 27.7 Å². The molecule has 0 aliphatic heterocycles. The van der Waals surface area contributed by atoms with Crippen molar-refractivity contribution in [3.63, 3.8) is 0 Å². The molecule has 0 saturated carbocycles. The van der Waals surface area contributed by atoms with Crippen LogP contribution in [0.5, 0.6) is 11.5 Å². The van der Waals surface area contributed by atoms with Gasteiger partial charge in [0.15, 0.2) is 11.5 Å². The van der Waals surface area contributed by atoms with Gasteiger partial charge in [0.1, 0.15) is 11.1 Å². The summed E-state index contributed by atoms with van der Waals surface area (Å²) < 4.78 is 21.4. The Balaban J connectivity index is 2.35. The van der Waals surface area contributed by atoms with Crippen LogP contribution in [0.25, 0.3) is 0 Å². The average molecular weight is 789 g/mol. The molecule has 266 valence electrons. The lowest BCUT2D eigenvalue weighted by atomic mass is 9.93. The molecule has 0 saturated heterocycles. The van der Waals surface area contributed by atoms with Crippen molar-refractivity contribution in [2.45, 2.75) is 80.1 Å². The molecule has 14 heteroatoms. The summed E-state index contributed by atoms with van der Waals surface area (Å²) in [6.45, 7) is 12.4. The van der Waals surface area contributed by atoms with Crippen molar-refractivity contribution in [2.75, 3.05) is 13.2 Å². The monoisotopic (exact) mass is 786 g/mol. The maximum absolute atomic E-state index is 13.2. The van der Waals surface area contributed by atoms with E-state index >= 15 is 0 Å². The Morgan fingerprint density at radius 3 is 1.19 bits per heavy atom. The van der Waals surface area contributed by atoms with Gasteiger partial charge in [0.2, 0.25) is 0 Å². The Kier molecular flexibility index (Phi) is 17.6. The predicted molar refractivity (Wildman–Crippen MR) is 190 cm³/mol. The number of rotatable bonds is 16. The summed E-state index contributed by atoms with van der Waals surface area (Å²) in [6, 6.07) is 2.26. The Morgan fingerprint density at radius 1 is 0.562 bits per heavy atom. The summed E-state index contributed by atoms with van der Waals surface area (Å²) in [4.78, 5) is 52.5. The van der Waals surface area contributed by atoms with Crippen molar-refractivity contribution in [3.05, 3.63) is 53.4 Å². The molecule has 0 bridgehead atoms. The fourth-order valence-electron chi connectivity index (χ4n) is 4.70. The van der Waals surface area contributed by atoms with Crippen LogP contribution in [0, 0.1) is 23.7 Å². The molecule has 0 radical (unpaired) electrons. The Hall–Kier alpha value is -1.94. The zero-order valence-electron chi connectivity index (χ0n) is 27.7. The van der Waals surface area contributed by atoms with Gasteiger partial charge in [-0.3, -0.25) is 0 Å². The standard InChI is InChI=1S/C34H40Cl6O8/c1-7-17(5)11-19(9-3)15-45-31(41)25-27(39)21(35)13-23(37)29(25)47-33(43)34(44)48-30-24(38)14-22(36)28(40)26(30)32(42)46-16-20(10-4)12-18(6)8-2/h13-14,17-20H,7-12,15-16H2,1-6H3. The first-order valence-corrected chi connectivity index (χ1v) is 18.0. The fourth-order valence-corrected chi connectivity index (χ4v) is 6.14. The van der Waals surface area contributed by atoms with Gasteiger partial charge < -0.3 is 18.9 Å². The second kappa shape index (κ2) is 20.0. The number of carbonyl (C=O) groups excluding carboxylic acids is 4. The van der Waals surface area contributed by atoms with Crippen LogP contribution in [-0.2, 0) is 19.1 Å². The molecule has 0 amide bonds. The molecule has 0 aliphatic carbocycles. The lowest BCUT2D eigenvalue weighted by molar-refractivity contribution is -0.156. The van der Waals surface area contributed by atoms with Crippen molar-refractivity contribution in [2.24, 2.45) is 23.7 Å². The lowest BCUT2D eigenvalue weighted by Crippen LogP contribution is -2.28. The topological polar surface area (TPSA) is 105 Å². The van der Waals surface area contributed by atoms with Gasteiger partial charge >= 0.3 is 23.9 Å². The maximum atomic E-state index is 13.2. The third kappa shape index (κ3) is 11.6. The minimum Gasteiger partial charge on any atom is -0.462 e. The first-order valence-electron chi connectivity index (χ1n) is 15.7. The van der Waals surface area contributed by atoms with Gasteiger partial charge in [0.05, 0.1) is 43.3 Å². The molecule has 0 fully saturated rings.